The number of para-hydroxylation sites is 2. The van der Waals surface area contributed by atoms with E-state index in [2.05, 4.69) is 58.8 Å². The summed E-state index contributed by atoms with van der Waals surface area (Å²) in [6, 6.07) is 17.1. The Morgan fingerprint density at radius 2 is 1.86 bits per heavy atom. The van der Waals surface area contributed by atoms with Gasteiger partial charge in [0.15, 0.2) is 0 Å². The number of nitrogens with one attached hydrogen (secondary N) is 2. The number of H-pyrrole nitrogens is 1. The number of fused-ring (bicyclic) bond motifs is 5. The van der Waals surface area contributed by atoms with E-state index in [1.165, 1.54) is 32.7 Å². The summed E-state index contributed by atoms with van der Waals surface area (Å²) in [6.45, 7) is 0. The van der Waals surface area contributed by atoms with Crippen molar-refractivity contribution in [2.45, 2.75) is 16.9 Å². The second-order valence-electron chi connectivity index (χ2n) is 6.03. The van der Waals surface area contributed by atoms with Gasteiger partial charge in [-0.1, -0.05) is 48.6 Å². The van der Waals surface area contributed by atoms with Crippen LogP contribution in [0.25, 0.3) is 10.9 Å². The molecule has 2 aliphatic rings. The number of aromatic nitrogens is 1. The van der Waals surface area contributed by atoms with Gasteiger partial charge in [0.25, 0.3) is 0 Å². The van der Waals surface area contributed by atoms with Crippen LogP contribution in [0.2, 0.25) is 0 Å². The number of thioether (sulfide) groups is 1. The van der Waals surface area contributed by atoms with E-state index in [4.69, 9.17) is 12.2 Å². The van der Waals surface area contributed by atoms with E-state index < -0.39 is 0 Å². The molecule has 0 fully saturated rings. The summed E-state index contributed by atoms with van der Waals surface area (Å²) in [4.78, 5) is 4.53. The molecule has 5 rings (SSSR count). The Morgan fingerprint density at radius 3 is 2.82 bits per heavy atom. The van der Waals surface area contributed by atoms with Gasteiger partial charge in [-0.2, -0.15) is 0 Å². The summed E-state index contributed by atoms with van der Waals surface area (Å²) >= 11 is 7.64. The maximum Gasteiger partial charge on any atom is 0.0917 e. The summed E-state index contributed by atoms with van der Waals surface area (Å²) in [5.41, 5.74) is 5.10. The minimum absolute atomic E-state index is 0.0610. The number of anilines is 1. The lowest BCUT2D eigenvalue weighted by atomic mass is 9.78. The minimum atomic E-state index is -0.0610. The quantitative estimate of drug-likeness (QED) is 0.597. The predicted octanol–water partition coefficient (Wildman–Crippen LogP) is 4.51. The molecule has 2 aliphatic heterocycles. The normalized spacial score (nSPS) is 22.6. The molecule has 3 aromatic rings. The molecule has 1 unspecified atom stereocenters. The first kappa shape index (κ1) is 12.7. The Balaban J connectivity index is 1.72. The van der Waals surface area contributed by atoms with E-state index in [9.17, 15) is 0 Å². The zero-order chi connectivity index (χ0) is 14.7. The fourth-order valence-corrected chi connectivity index (χ4v) is 5.50. The van der Waals surface area contributed by atoms with Crippen LogP contribution in [0, 0.1) is 0 Å². The Hall–Kier alpha value is -1.78. The monoisotopic (exact) mass is 322 g/mol. The standard InChI is InChI=1S/C18H14N2S2/c21-17-18(13-6-2-4-8-15(13)20-17)9-12-11-5-1-3-7-14(11)19-16(12)22-10-18/h1-8,19H,9-10H2,(H,20,21). The highest BCUT2D eigenvalue weighted by atomic mass is 32.2. The highest BCUT2D eigenvalue weighted by Gasteiger charge is 2.46. The topological polar surface area (TPSA) is 27.8 Å². The molecule has 0 bridgehead atoms. The van der Waals surface area contributed by atoms with Crippen molar-refractivity contribution in [3.8, 4) is 0 Å². The van der Waals surface area contributed by atoms with Crippen LogP contribution in [-0.4, -0.2) is 15.7 Å². The Bertz CT molecular complexity index is 928. The van der Waals surface area contributed by atoms with Gasteiger partial charge in [-0.3, -0.25) is 0 Å². The van der Waals surface area contributed by atoms with E-state index in [1.54, 1.807) is 0 Å². The van der Waals surface area contributed by atoms with Crippen molar-refractivity contribution < 1.29 is 0 Å². The summed E-state index contributed by atoms with van der Waals surface area (Å²) in [5.74, 6) is 0.996. The average Bonchev–Trinajstić information content (AvgIpc) is 3.04. The van der Waals surface area contributed by atoms with E-state index in [0.29, 0.717) is 0 Å². The van der Waals surface area contributed by atoms with Crippen LogP contribution < -0.4 is 5.32 Å². The van der Waals surface area contributed by atoms with Crippen molar-refractivity contribution in [3.63, 3.8) is 0 Å². The molecule has 0 radical (unpaired) electrons. The van der Waals surface area contributed by atoms with Gasteiger partial charge >= 0.3 is 0 Å². The van der Waals surface area contributed by atoms with Crippen LogP contribution in [0.15, 0.2) is 53.6 Å². The molecule has 0 aliphatic carbocycles. The molecule has 0 saturated heterocycles. The molecule has 0 saturated carbocycles. The smallest absolute Gasteiger partial charge is 0.0917 e. The Morgan fingerprint density at radius 1 is 1.05 bits per heavy atom. The maximum atomic E-state index is 5.75. The number of aromatic amines is 1. The molecule has 2 N–H and O–H groups in total. The summed E-state index contributed by atoms with van der Waals surface area (Å²) in [5, 5.41) is 6.07. The van der Waals surface area contributed by atoms with Gasteiger partial charge in [0.2, 0.25) is 0 Å². The third-order valence-electron chi connectivity index (χ3n) is 4.84. The van der Waals surface area contributed by atoms with Crippen molar-refractivity contribution in [2.24, 2.45) is 0 Å². The predicted molar refractivity (Wildman–Crippen MR) is 97.1 cm³/mol. The van der Waals surface area contributed by atoms with Crippen LogP contribution >= 0.6 is 24.0 Å². The van der Waals surface area contributed by atoms with E-state index in [1.807, 2.05) is 11.8 Å². The third-order valence-corrected chi connectivity index (χ3v) is 6.61. The van der Waals surface area contributed by atoms with E-state index >= 15 is 0 Å². The molecule has 1 spiro atoms. The van der Waals surface area contributed by atoms with E-state index in [0.717, 1.165) is 17.2 Å². The van der Waals surface area contributed by atoms with Crippen LogP contribution in [0.5, 0.6) is 0 Å². The fraction of sp³-hybridized carbons (Fsp3) is 0.167. The minimum Gasteiger partial charge on any atom is -0.349 e. The highest BCUT2D eigenvalue weighted by Crippen LogP contribution is 2.49. The van der Waals surface area contributed by atoms with Crippen molar-refractivity contribution >= 4 is 45.6 Å². The van der Waals surface area contributed by atoms with Crippen LogP contribution in [0.3, 0.4) is 0 Å². The Labute approximate surface area is 138 Å². The van der Waals surface area contributed by atoms with Crippen molar-refractivity contribution in [2.75, 3.05) is 11.1 Å². The lowest BCUT2D eigenvalue weighted by molar-refractivity contribution is 0.649. The molecule has 1 atom stereocenters. The number of hydrogen-bond donors (Lipinski definition) is 2. The van der Waals surface area contributed by atoms with Gasteiger partial charge in [0, 0.05) is 22.3 Å². The van der Waals surface area contributed by atoms with Crippen LogP contribution in [-0.2, 0) is 11.8 Å². The molecule has 2 nitrogen and oxygen atoms in total. The second-order valence-corrected chi connectivity index (χ2v) is 7.42. The van der Waals surface area contributed by atoms with Crippen LogP contribution in [0.1, 0.15) is 11.1 Å². The summed E-state index contributed by atoms with van der Waals surface area (Å²) in [6.07, 6.45) is 0.974. The molecular formula is C18H14N2S2. The van der Waals surface area contributed by atoms with Gasteiger partial charge in [0.1, 0.15) is 0 Å². The zero-order valence-electron chi connectivity index (χ0n) is 11.8. The zero-order valence-corrected chi connectivity index (χ0v) is 13.5. The lowest BCUT2D eigenvalue weighted by Gasteiger charge is -2.33. The van der Waals surface area contributed by atoms with Gasteiger partial charge in [-0.05, 0) is 29.7 Å². The molecule has 108 valence electrons. The van der Waals surface area contributed by atoms with Crippen molar-refractivity contribution in [1.82, 2.24) is 4.98 Å². The molecule has 4 heteroatoms. The SMILES string of the molecule is S=C1Nc2ccccc2C12CSc1[nH]c3ccccc3c1C2. The first-order chi connectivity index (χ1) is 10.8. The molecule has 3 heterocycles. The molecule has 1 aromatic heterocycles. The number of benzene rings is 2. The van der Waals surface area contributed by atoms with Gasteiger partial charge in [-0.15, -0.1) is 11.8 Å². The average molecular weight is 322 g/mol. The van der Waals surface area contributed by atoms with Gasteiger partial charge in [-0.25, -0.2) is 0 Å². The van der Waals surface area contributed by atoms with Gasteiger partial charge < -0.3 is 10.3 Å². The molecule has 22 heavy (non-hydrogen) atoms. The van der Waals surface area contributed by atoms with Crippen molar-refractivity contribution in [3.05, 3.63) is 59.7 Å². The number of hydrogen-bond acceptors (Lipinski definition) is 2. The Kier molecular flexibility index (Phi) is 2.53. The van der Waals surface area contributed by atoms with Crippen molar-refractivity contribution in [1.29, 1.82) is 0 Å². The molecular weight excluding hydrogens is 308 g/mol. The van der Waals surface area contributed by atoms with E-state index in [-0.39, 0.29) is 5.41 Å². The first-order valence-corrected chi connectivity index (χ1v) is 8.81. The molecule has 2 aromatic carbocycles. The van der Waals surface area contributed by atoms with Gasteiger partial charge in [0.05, 0.1) is 15.4 Å². The fourth-order valence-electron chi connectivity index (χ4n) is 3.71. The first-order valence-electron chi connectivity index (χ1n) is 7.41. The molecule has 0 amide bonds. The lowest BCUT2D eigenvalue weighted by Crippen LogP contribution is -2.40. The van der Waals surface area contributed by atoms with Crippen LogP contribution in [0.4, 0.5) is 5.69 Å². The summed E-state index contributed by atoms with van der Waals surface area (Å²) < 4.78 is 0. The summed E-state index contributed by atoms with van der Waals surface area (Å²) in [7, 11) is 0. The third kappa shape index (κ3) is 1.54. The second kappa shape index (κ2) is 4.37. The highest BCUT2D eigenvalue weighted by molar-refractivity contribution is 7.99. The maximum absolute atomic E-state index is 5.75. The number of rotatable bonds is 0. The number of thiocarbonyl (C=S) groups is 1. The largest absolute Gasteiger partial charge is 0.349 e.